The molecule has 0 aromatic heterocycles. The van der Waals surface area contributed by atoms with Gasteiger partial charge in [0.05, 0.1) is 10.8 Å². The summed E-state index contributed by atoms with van der Waals surface area (Å²) >= 11 is 0. The molecule has 0 amide bonds. The second-order valence-corrected chi connectivity index (χ2v) is 5.24. The first-order chi connectivity index (χ1) is 8.36. The summed E-state index contributed by atoms with van der Waals surface area (Å²) in [5, 5.41) is 0. The van der Waals surface area contributed by atoms with Crippen LogP contribution < -0.4 is 0 Å². The molecule has 0 N–H and O–H groups in total. The fourth-order valence-electron chi connectivity index (χ4n) is 1.53. The van der Waals surface area contributed by atoms with Gasteiger partial charge in [0, 0.05) is 29.6 Å². The van der Waals surface area contributed by atoms with Gasteiger partial charge in [-0.1, -0.05) is 30.4 Å². The Bertz CT molecular complexity index is 452. The van der Waals surface area contributed by atoms with Crippen molar-refractivity contribution >= 4 is 23.2 Å². The molecule has 0 aliphatic carbocycles. The zero-order valence-corrected chi connectivity index (χ0v) is 11.6. The Morgan fingerprint density at radius 2 is 1.56 bits per heavy atom. The molecule has 1 aromatic carbocycles. The van der Waals surface area contributed by atoms with Crippen LogP contribution in [0.1, 0.15) is 0 Å². The van der Waals surface area contributed by atoms with Gasteiger partial charge in [-0.3, -0.25) is 4.21 Å². The van der Waals surface area contributed by atoms with Gasteiger partial charge in [-0.05, 0) is 24.3 Å². The smallest absolute Gasteiger partial charge is 0.0547 e. The van der Waals surface area contributed by atoms with Gasteiger partial charge in [-0.15, -0.1) is 12.4 Å². The number of halogens is 1. The fraction of sp³-hybridized carbons (Fsp3) is 0.143. The Hall–Kier alpha value is -1.32. The summed E-state index contributed by atoms with van der Waals surface area (Å²) in [4.78, 5) is 2.94. The molecule has 0 bridgehead atoms. The van der Waals surface area contributed by atoms with E-state index >= 15 is 0 Å². The molecular weight excluding hydrogens is 266 g/mol. The van der Waals surface area contributed by atoms with Crippen molar-refractivity contribution in [3.63, 3.8) is 0 Å². The molecule has 2 rings (SSSR count). The number of benzene rings is 1. The third-order valence-electron chi connectivity index (χ3n) is 2.43. The standard InChI is InChI=1S/C14H15NOS.ClH/c16-17(14-8-4-3-5-9-14)13-12-15-10-6-1-2-7-11-15;/h1-11H,12-13H2;1H. The van der Waals surface area contributed by atoms with Crippen LogP contribution in [0.3, 0.4) is 0 Å². The summed E-state index contributed by atoms with van der Waals surface area (Å²) in [7, 11) is -0.921. The van der Waals surface area contributed by atoms with Gasteiger partial charge in [0.2, 0.25) is 0 Å². The van der Waals surface area contributed by atoms with Crippen LogP contribution in [0, 0.1) is 0 Å². The van der Waals surface area contributed by atoms with Gasteiger partial charge in [-0.25, -0.2) is 0 Å². The minimum atomic E-state index is -0.921. The number of allylic oxidation sites excluding steroid dienone is 4. The lowest BCUT2D eigenvalue weighted by Crippen LogP contribution is -2.17. The quantitative estimate of drug-likeness (QED) is 0.845. The Balaban J connectivity index is 0.00000162. The summed E-state index contributed by atoms with van der Waals surface area (Å²) in [6.07, 6.45) is 11.9. The maximum absolute atomic E-state index is 12.0. The van der Waals surface area contributed by atoms with Crippen molar-refractivity contribution < 1.29 is 4.21 Å². The van der Waals surface area contributed by atoms with Gasteiger partial charge < -0.3 is 4.90 Å². The van der Waals surface area contributed by atoms with E-state index in [0.717, 1.165) is 11.4 Å². The maximum atomic E-state index is 12.0. The number of hydrogen-bond donors (Lipinski definition) is 0. The van der Waals surface area contributed by atoms with Crippen molar-refractivity contribution in [1.82, 2.24) is 4.90 Å². The van der Waals surface area contributed by atoms with E-state index in [9.17, 15) is 4.21 Å². The van der Waals surface area contributed by atoms with Crippen molar-refractivity contribution in [3.05, 3.63) is 67.0 Å². The molecule has 0 saturated heterocycles. The third kappa shape index (κ3) is 4.51. The van der Waals surface area contributed by atoms with Gasteiger partial charge in [0.15, 0.2) is 0 Å². The average molecular weight is 282 g/mol. The highest BCUT2D eigenvalue weighted by Crippen LogP contribution is 2.06. The maximum Gasteiger partial charge on any atom is 0.0547 e. The molecule has 1 aliphatic heterocycles. The van der Waals surface area contributed by atoms with Crippen molar-refractivity contribution in [1.29, 1.82) is 0 Å². The minimum Gasteiger partial charge on any atom is -0.353 e. The molecule has 1 aromatic rings. The molecule has 1 atom stereocenters. The lowest BCUT2D eigenvalue weighted by atomic mass is 10.4. The Labute approximate surface area is 117 Å². The Morgan fingerprint density at radius 1 is 0.944 bits per heavy atom. The van der Waals surface area contributed by atoms with Crippen LogP contribution >= 0.6 is 12.4 Å². The van der Waals surface area contributed by atoms with Gasteiger partial charge in [0.25, 0.3) is 0 Å². The largest absolute Gasteiger partial charge is 0.353 e. The van der Waals surface area contributed by atoms with Crippen LogP contribution in [0.5, 0.6) is 0 Å². The molecule has 18 heavy (non-hydrogen) atoms. The zero-order valence-electron chi connectivity index (χ0n) is 9.94. The normalized spacial score (nSPS) is 15.0. The predicted molar refractivity (Wildman–Crippen MR) is 79.1 cm³/mol. The molecule has 96 valence electrons. The molecule has 0 fully saturated rings. The van der Waals surface area contributed by atoms with E-state index in [0.29, 0.717) is 5.75 Å². The van der Waals surface area contributed by atoms with E-state index < -0.39 is 10.8 Å². The first-order valence-electron chi connectivity index (χ1n) is 5.57. The molecule has 0 radical (unpaired) electrons. The van der Waals surface area contributed by atoms with E-state index in [1.54, 1.807) is 0 Å². The highest BCUT2D eigenvalue weighted by molar-refractivity contribution is 7.85. The zero-order chi connectivity index (χ0) is 11.9. The summed E-state index contributed by atoms with van der Waals surface area (Å²) < 4.78 is 12.0. The van der Waals surface area contributed by atoms with Gasteiger partial charge >= 0.3 is 0 Å². The predicted octanol–water partition coefficient (Wildman–Crippen LogP) is 3.12. The minimum absolute atomic E-state index is 0. The Morgan fingerprint density at radius 3 is 2.17 bits per heavy atom. The van der Waals surface area contributed by atoms with Crippen LogP contribution in [-0.4, -0.2) is 21.4 Å². The highest BCUT2D eigenvalue weighted by atomic mass is 35.5. The molecule has 0 saturated carbocycles. The third-order valence-corrected chi connectivity index (χ3v) is 3.78. The first-order valence-corrected chi connectivity index (χ1v) is 6.89. The van der Waals surface area contributed by atoms with Crippen LogP contribution in [0.25, 0.3) is 0 Å². The van der Waals surface area contributed by atoms with Crippen LogP contribution in [0.4, 0.5) is 0 Å². The second-order valence-electron chi connectivity index (χ2n) is 3.67. The molecule has 1 unspecified atom stereocenters. The summed E-state index contributed by atoms with van der Waals surface area (Å²) in [6.45, 7) is 0.760. The second kappa shape index (κ2) is 7.90. The summed E-state index contributed by atoms with van der Waals surface area (Å²) in [5.74, 6) is 0.638. The van der Waals surface area contributed by atoms with Crippen molar-refractivity contribution in [2.24, 2.45) is 0 Å². The van der Waals surface area contributed by atoms with Crippen molar-refractivity contribution in [2.45, 2.75) is 4.90 Å². The van der Waals surface area contributed by atoms with E-state index in [1.807, 2.05) is 71.9 Å². The lowest BCUT2D eigenvalue weighted by Gasteiger charge is -2.14. The van der Waals surface area contributed by atoms with Gasteiger partial charge in [0.1, 0.15) is 0 Å². The molecule has 2 nitrogen and oxygen atoms in total. The molecular formula is C14H16ClNOS. The molecule has 0 spiro atoms. The lowest BCUT2D eigenvalue weighted by molar-refractivity contribution is 0.538. The van der Waals surface area contributed by atoms with E-state index in [4.69, 9.17) is 0 Å². The van der Waals surface area contributed by atoms with Crippen LogP contribution in [-0.2, 0) is 10.8 Å². The molecule has 1 heterocycles. The molecule has 1 aliphatic rings. The number of rotatable bonds is 4. The Kier molecular flexibility index (Phi) is 6.47. The van der Waals surface area contributed by atoms with E-state index in [-0.39, 0.29) is 12.4 Å². The number of hydrogen-bond acceptors (Lipinski definition) is 2. The first kappa shape index (κ1) is 14.7. The monoisotopic (exact) mass is 281 g/mol. The van der Waals surface area contributed by atoms with E-state index in [1.165, 1.54) is 0 Å². The van der Waals surface area contributed by atoms with Crippen LogP contribution in [0.15, 0.2) is 71.9 Å². The van der Waals surface area contributed by atoms with Crippen molar-refractivity contribution in [2.75, 3.05) is 12.3 Å². The van der Waals surface area contributed by atoms with Crippen molar-refractivity contribution in [3.8, 4) is 0 Å². The SMILES string of the molecule is Cl.O=S(CCN1C=CC=CC=C1)c1ccccc1. The van der Waals surface area contributed by atoms with E-state index in [2.05, 4.69) is 0 Å². The molecule has 4 heteroatoms. The number of nitrogens with zero attached hydrogens (tertiary/aromatic N) is 1. The van der Waals surface area contributed by atoms with Crippen LogP contribution in [0.2, 0.25) is 0 Å². The topological polar surface area (TPSA) is 20.3 Å². The summed E-state index contributed by atoms with van der Waals surface area (Å²) in [6, 6.07) is 9.59. The van der Waals surface area contributed by atoms with Gasteiger partial charge in [-0.2, -0.15) is 0 Å². The highest BCUT2D eigenvalue weighted by Gasteiger charge is 2.04. The fourth-order valence-corrected chi connectivity index (χ4v) is 2.60. The summed E-state index contributed by atoms with van der Waals surface area (Å²) in [5.41, 5.74) is 0. The average Bonchev–Trinajstić information content (AvgIpc) is 2.65.